The number of carboxylic acid groups (broad SMARTS) is 1. The zero-order valence-corrected chi connectivity index (χ0v) is 16.6. The van der Waals surface area contributed by atoms with Gasteiger partial charge in [-0.05, 0) is 49.7 Å². The molecule has 0 radical (unpaired) electrons. The summed E-state index contributed by atoms with van der Waals surface area (Å²) in [5.74, 6) is 0. The van der Waals surface area contributed by atoms with Crippen molar-refractivity contribution in [2.45, 2.75) is 19.4 Å². The Bertz CT molecular complexity index is 1040. The highest BCUT2D eigenvalue weighted by Crippen LogP contribution is 2.34. The van der Waals surface area contributed by atoms with Gasteiger partial charge in [0.05, 0.1) is 22.6 Å². The molecule has 0 atom stereocenters. The number of halogens is 1. The maximum Gasteiger partial charge on any atom is 0.430 e. The Morgan fingerprint density at radius 3 is 2.55 bits per heavy atom. The molecule has 1 saturated heterocycles. The Hall–Kier alpha value is -3.03. The molecule has 3 aromatic rings. The molecule has 2 aromatic carbocycles. The lowest BCUT2D eigenvalue weighted by Crippen LogP contribution is -2.35. The number of hydrazine groups is 1. The molecule has 150 valence electrons. The highest BCUT2D eigenvalue weighted by atomic mass is 35.5. The van der Waals surface area contributed by atoms with Crippen molar-refractivity contribution < 1.29 is 9.90 Å². The lowest BCUT2D eigenvalue weighted by Gasteiger charge is -2.24. The largest absolute Gasteiger partial charge is 0.463 e. The molecule has 2 heterocycles. The Morgan fingerprint density at radius 1 is 1.17 bits per heavy atom. The van der Waals surface area contributed by atoms with E-state index in [1.807, 2.05) is 30.3 Å². The van der Waals surface area contributed by atoms with E-state index in [0.29, 0.717) is 22.3 Å². The molecule has 1 amide bonds. The van der Waals surface area contributed by atoms with Crippen molar-refractivity contribution in [3.63, 3.8) is 0 Å². The number of carbonyl (C=O) groups is 1. The number of nitrogens with zero attached hydrogens (tertiary/aromatic N) is 3. The number of hydrogen-bond acceptors (Lipinski definition) is 5. The van der Waals surface area contributed by atoms with E-state index >= 15 is 0 Å². The summed E-state index contributed by atoms with van der Waals surface area (Å²) < 4.78 is 0. The molecule has 1 aliphatic heterocycles. The number of anilines is 3. The number of nitrogens with one attached hydrogen (secondary N) is 1. The maximum absolute atomic E-state index is 12.0. The van der Waals surface area contributed by atoms with Crippen LogP contribution in [0.5, 0.6) is 0 Å². The average molecular weight is 412 g/mol. The van der Waals surface area contributed by atoms with Gasteiger partial charge in [-0.2, -0.15) is 5.01 Å². The Balaban J connectivity index is 1.63. The number of aromatic nitrogens is 1. The van der Waals surface area contributed by atoms with Crippen LogP contribution < -0.4 is 16.2 Å². The van der Waals surface area contributed by atoms with Gasteiger partial charge >= 0.3 is 6.09 Å². The fourth-order valence-electron chi connectivity index (χ4n) is 3.60. The van der Waals surface area contributed by atoms with Gasteiger partial charge < -0.3 is 10.8 Å². The van der Waals surface area contributed by atoms with Crippen LogP contribution in [0.1, 0.15) is 18.4 Å². The zero-order valence-electron chi connectivity index (χ0n) is 15.8. The quantitative estimate of drug-likeness (QED) is 0.420. The Labute approximate surface area is 173 Å². The molecule has 7 nitrogen and oxygen atoms in total. The third-order valence-electron chi connectivity index (χ3n) is 5.10. The minimum absolute atomic E-state index is 0.123. The van der Waals surface area contributed by atoms with E-state index in [2.05, 4.69) is 15.3 Å². The van der Waals surface area contributed by atoms with Crippen LogP contribution in [0.25, 0.3) is 10.9 Å². The van der Waals surface area contributed by atoms with Crippen molar-refractivity contribution in [1.82, 2.24) is 9.88 Å². The van der Waals surface area contributed by atoms with Crippen LogP contribution in [-0.2, 0) is 6.54 Å². The minimum atomic E-state index is -1.16. The summed E-state index contributed by atoms with van der Waals surface area (Å²) in [6.07, 6.45) is 1.31. The van der Waals surface area contributed by atoms with Gasteiger partial charge in [-0.15, -0.1) is 0 Å². The van der Waals surface area contributed by atoms with Gasteiger partial charge in [-0.25, -0.2) is 9.78 Å². The Kier molecular flexibility index (Phi) is 5.42. The van der Waals surface area contributed by atoms with Gasteiger partial charge in [0.15, 0.2) is 5.15 Å². The normalized spacial score (nSPS) is 14.2. The van der Waals surface area contributed by atoms with Crippen LogP contribution in [0, 0.1) is 0 Å². The van der Waals surface area contributed by atoms with Crippen molar-refractivity contribution in [2.75, 3.05) is 29.3 Å². The van der Waals surface area contributed by atoms with E-state index in [-0.39, 0.29) is 10.8 Å². The van der Waals surface area contributed by atoms with E-state index in [4.69, 9.17) is 17.3 Å². The van der Waals surface area contributed by atoms with Crippen LogP contribution in [0.2, 0.25) is 5.15 Å². The summed E-state index contributed by atoms with van der Waals surface area (Å²) in [4.78, 5) is 18.6. The summed E-state index contributed by atoms with van der Waals surface area (Å²) in [7, 11) is 0. The van der Waals surface area contributed by atoms with E-state index in [1.165, 1.54) is 12.8 Å². The van der Waals surface area contributed by atoms with Crippen LogP contribution >= 0.6 is 11.6 Å². The molecular weight excluding hydrogens is 390 g/mol. The zero-order chi connectivity index (χ0) is 20.4. The lowest BCUT2D eigenvalue weighted by molar-refractivity contribution is 0.203. The summed E-state index contributed by atoms with van der Waals surface area (Å²) in [5.41, 5.74) is 11.9. The summed E-state index contributed by atoms with van der Waals surface area (Å²) >= 11 is 6.16. The van der Waals surface area contributed by atoms with E-state index in [9.17, 15) is 9.90 Å². The number of rotatable bonds is 5. The molecular formula is C21H22ClN5O2. The molecule has 0 saturated carbocycles. The number of benzene rings is 2. The predicted molar refractivity (Wildman–Crippen MR) is 116 cm³/mol. The average Bonchev–Trinajstić information content (AvgIpc) is 3.22. The van der Waals surface area contributed by atoms with Crippen molar-refractivity contribution in [2.24, 2.45) is 0 Å². The number of fused-ring (bicyclic) bond motifs is 1. The highest BCUT2D eigenvalue weighted by molar-refractivity contribution is 6.33. The number of hydrogen-bond donors (Lipinski definition) is 3. The number of para-hydroxylation sites is 1. The first kappa shape index (κ1) is 19.3. The number of amides is 1. The second-order valence-electron chi connectivity index (χ2n) is 7.09. The topological polar surface area (TPSA) is 94.7 Å². The molecule has 0 spiro atoms. The van der Waals surface area contributed by atoms with Gasteiger partial charge in [-0.1, -0.05) is 41.9 Å². The van der Waals surface area contributed by atoms with Crippen molar-refractivity contribution in [1.29, 1.82) is 0 Å². The van der Waals surface area contributed by atoms with Crippen LogP contribution in [0.3, 0.4) is 0 Å². The second kappa shape index (κ2) is 8.14. The van der Waals surface area contributed by atoms with Crippen LogP contribution in [-0.4, -0.2) is 34.2 Å². The maximum atomic E-state index is 12.0. The molecule has 4 rings (SSSR count). The first-order chi connectivity index (χ1) is 14.0. The van der Waals surface area contributed by atoms with Crippen LogP contribution in [0.4, 0.5) is 21.9 Å². The predicted octanol–water partition coefficient (Wildman–Crippen LogP) is 4.58. The smallest absolute Gasteiger partial charge is 0.430 e. The molecule has 29 heavy (non-hydrogen) atoms. The molecule has 0 unspecified atom stereocenters. The first-order valence-electron chi connectivity index (χ1n) is 9.47. The van der Waals surface area contributed by atoms with Crippen molar-refractivity contribution >= 4 is 45.7 Å². The van der Waals surface area contributed by atoms with E-state index in [0.717, 1.165) is 30.2 Å². The molecule has 1 fully saturated rings. The van der Waals surface area contributed by atoms with Gasteiger partial charge in [0, 0.05) is 11.9 Å². The van der Waals surface area contributed by atoms with Crippen molar-refractivity contribution in [3.05, 3.63) is 59.2 Å². The summed E-state index contributed by atoms with van der Waals surface area (Å²) in [6, 6.07) is 14.8. The molecule has 4 N–H and O–H groups in total. The number of likely N-dealkylation sites (tertiary alicyclic amines) is 1. The molecule has 0 aliphatic carbocycles. The van der Waals surface area contributed by atoms with Gasteiger partial charge in [-0.3, -0.25) is 10.3 Å². The number of pyridine rings is 1. The second-order valence-corrected chi connectivity index (χ2v) is 7.45. The molecule has 1 aromatic heterocycles. The fourth-order valence-corrected chi connectivity index (χ4v) is 3.79. The molecule has 8 heteroatoms. The van der Waals surface area contributed by atoms with Crippen LogP contribution in [0.15, 0.2) is 48.5 Å². The Morgan fingerprint density at radius 2 is 1.86 bits per heavy atom. The monoisotopic (exact) mass is 411 g/mol. The number of nitrogen functional groups attached to an aromatic ring is 1. The minimum Gasteiger partial charge on any atom is -0.463 e. The number of nitrogens with two attached hydrogens (primary N) is 1. The summed E-state index contributed by atoms with van der Waals surface area (Å²) in [6.45, 7) is 3.09. The van der Waals surface area contributed by atoms with E-state index in [1.54, 1.807) is 18.2 Å². The molecule has 0 bridgehead atoms. The van der Waals surface area contributed by atoms with E-state index < -0.39 is 6.09 Å². The van der Waals surface area contributed by atoms with Gasteiger partial charge in [0.1, 0.15) is 0 Å². The van der Waals surface area contributed by atoms with Gasteiger partial charge in [0.2, 0.25) is 0 Å². The first-order valence-corrected chi connectivity index (χ1v) is 9.85. The van der Waals surface area contributed by atoms with Gasteiger partial charge in [0.25, 0.3) is 0 Å². The lowest BCUT2D eigenvalue weighted by atomic mass is 10.1. The molecule has 1 aliphatic rings. The SMILES string of the molecule is Nc1c(Cl)nc2ccccc2c1NN(C(=O)O)c1ccc(CN2CCCC2)cc1. The fraction of sp³-hybridized carbons (Fsp3) is 0.238. The highest BCUT2D eigenvalue weighted by Gasteiger charge is 2.20. The third kappa shape index (κ3) is 4.06. The third-order valence-corrected chi connectivity index (χ3v) is 5.39. The summed E-state index contributed by atoms with van der Waals surface area (Å²) in [5, 5.41) is 11.6. The van der Waals surface area contributed by atoms with Crippen molar-refractivity contribution in [3.8, 4) is 0 Å². The standard InChI is InChI=1S/C21H22ClN5O2/c22-20-18(23)19(16-5-1-2-6-17(16)24-20)25-27(21(28)29)15-9-7-14(8-10-15)13-26-11-3-4-12-26/h1-2,5-10H,3-4,11-13,23H2,(H,24,25)(H,28,29).